The zero-order valence-electron chi connectivity index (χ0n) is 18.2. The molecule has 2 aliphatic rings. The third-order valence-electron chi connectivity index (χ3n) is 5.93. The molecular weight excluding hydrogens is 410 g/mol. The molecule has 2 aromatic carbocycles. The van der Waals surface area contributed by atoms with Crippen molar-refractivity contribution in [2.24, 2.45) is 0 Å². The summed E-state index contributed by atoms with van der Waals surface area (Å²) in [6, 6.07) is 12.1. The Labute approximate surface area is 186 Å². The lowest BCUT2D eigenvalue weighted by Crippen LogP contribution is -2.51. The Morgan fingerprint density at radius 1 is 0.875 bits per heavy atom. The van der Waals surface area contributed by atoms with E-state index in [-0.39, 0.29) is 36.6 Å². The largest absolute Gasteiger partial charge is 0.497 e. The summed E-state index contributed by atoms with van der Waals surface area (Å²) in [6.07, 6.45) is 0.0663. The molecule has 2 heterocycles. The van der Waals surface area contributed by atoms with E-state index in [0.717, 1.165) is 10.5 Å². The fraction of sp³-hybridized carbons (Fsp3) is 0.333. The summed E-state index contributed by atoms with van der Waals surface area (Å²) in [5.41, 5.74) is 2.27. The van der Waals surface area contributed by atoms with Crippen molar-refractivity contribution < 1.29 is 23.9 Å². The number of aryl methyl sites for hydroxylation is 1. The van der Waals surface area contributed by atoms with Crippen LogP contribution in [0.15, 0.2) is 42.5 Å². The number of fused-ring (bicyclic) bond motifs is 1. The van der Waals surface area contributed by atoms with Crippen LogP contribution < -0.4 is 4.74 Å². The maximum atomic E-state index is 12.7. The molecule has 0 aliphatic carbocycles. The second-order valence-corrected chi connectivity index (χ2v) is 7.96. The first-order valence-electron chi connectivity index (χ1n) is 10.6. The number of carbonyl (C=O) groups excluding carboxylic acids is 4. The minimum Gasteiger partial charge on any atom is -0.497 e. The molecule has 1 fully saturated rings. The molecule has 2 aromatic rings. The van der Waals surface area contributed by atoms with Crippen LogP contribution in [0, 0.1) is 6.92 Å². The lowest BCUT2D eigenvalue weighted by atomic mass is 10.1. The minimum atomic E-state index is -0.354. The maximum absolute atomic E-state index is 12.7. The van der Waals surface area contributed by atoms with Crippen molar-refractivity contribution in [1.82, 2.24) is 14.7 Å². The predicted octanol–water partition coefficient (Wildman–Crippen LogP) is 1.97. The molecule has 0 saturated carbocycles. The first kappa shape index (κ1) is 21.5. The van der Waals surface area contributed by atoms with E-state index < -0.39 is 0 Å². The van der Waals surface area contributed by atoms with Crippen molar-refractivity contribution in [3.05, 3.63) is 64.7 Å². The third-order valence-corrected chi connectivity index (χ3v) is 5.93. The van der Waals surface area contributed by atoms with Crippen LogP contribution in [0.2, 0.25) is 0 Å². The molecule has 4 amide bonds. The van der Waals surface area contributed by atoms with Gasteiger partial charge in [-0.05, 0) is 43.3 Å². The van der Waals surface area contributed by atoms with E-state index in [1.165, 1.54) is 0 Å². The molecule has 0 bridgehead atoms. The van der Waals surface area contributed by atoms with E-state index in [0.29, 0.717) is 48.6 Å². The van der Waals surface area contributed by atoms with Gasteiger partial charge in [-0.2, -0.15) is 0 Å². The number of carbonyl (C=O) groups is 4. The smallest absolute Gasteiger partial charge is 0.261 e. The van der Waals surface area contributed by atoms with E-state index >= 15 is 0 Å². The van der Waals surface area contributed by atoms with Crippen molar-refractivity contribution in [2.45, 2.75) is 13.3 Å². The van der Waals surface area contributed by atoms with E-state index in [2.05, 4.69) is 0 Å². The van der Waals surface area contributed by atoms with Crippen molar-refractivity contribution >= 4 is 23.6 Å². The monoisotopic (exact) mass is 435 g/mol. The number of benzene rings is 2. The van der Waals surface area contributed by atoms with E-state index in [9.17, 15) is 19.2 Å². The molecule has 0 spiro atoms. The summed E-state index contributed by atoms with van der Waals surface area (Å²) in [4.78, 5) is 55.0. The minimum absolute atomic E-state index is 0.0508. The van der Waals surface area contributed by atoms with E-state index in [1.807, 2.05) is 6.92 Å². The number of amides is 4. The molecule has 8 nitrogen and oxygen atoms in total. The molecule has 1 saturated heterocycles. The number of methoxy groups -OCH3 is 1. The highest BCUT2D eigenvalue weighted by molar-refractivity contribution is 6.21. The summed E-state index contributed by atoms with van der Waals surface area (Å²) in [5.74, 6) is -0.232. The van der Waals surface area contributed by atoms with Crippen LogP contribution in [0.5, 0.6) is 5.75 Å². The van der Waals surface area contributed by atoms with Gasteiger partial charge in [-0.1, -0.05) is 11.6 Å². The molecular formula is C24H25N3O5. The number of hydrogen-bond acceptors (Lipinski definition) is 5. The fourth-order valence-electron chi connectivity index (χ4n) is 4.05. The van der Waals surface area contributed by atoms with E-state index in [1.54, 1.807) is 59.4 Å². The molecule has 2 aliphatic heterocycles. The van der Waals surface area contributed by atoms with Gasteiger partial charge in [-0.25, -0.2) is 0 Å². The van der Waals surface area contributed by atoms with Crippen LogP contribution in [0.4, 0.5) is 0 Å². The van der Waals surface area contributed by atoms with Gasteiger partial charge >= 0.3 is 0 Å². The molecule has 4 rings (SSSR count). The van der Waals surface area contributed by atoms with Gasteiger partial charge in [-0.3, -0.25) is 24.1 Å². The van der Waals surface area contributed by atoms with Gasteiger partial charge in [-0.15, -0.1) is 0 Å². The number of imide groups is 1. The Morgan fingerprint density at radius 3 is 2.16 bits per heavy atom. The van der Waals surface area contributed by atoms with Crippen molar-refractivity contribution in [2.75, 3.05) is 39.8 Å². The summed E-state index contributed by atoms with van der Waals surface area (Å²) in [5, 5.41) is 0. The first-order valence-corrected chi connectivity index (χ1v) is 10.6. The van der Waals surface area contributed by atoms with Gasteiger partial charge < -0.3 is 14.5 Å². The Balaban J connectivity index is 1.29. The third kappa shape index (κ3) is 4.08. The van der Waals surface area contributed by atoms with Gasteiger partial charge in [0.25, 0.3) is 17.7 Å². The lowest BCUT2D eigenvalue weighted by Gasteiger charge is -2.35. The highest BCUT2D eigenvalue weighted by Gasteiger charge is 2.36. The lowest BCUT2D eigenvalue weighted by molar-refractivity contribution is -0.132. The number of nitrogens with zero attached hydrogens (tertiary/aromatic N) is 3. The number of hydrogen-bond donors (Lipinski definition) is 0. The predicted molar refractivity (Wildman–Crippen MR) is 117 cm³/mol. The second kappa shape index (κ2) is 8.82. The van der Waals surface area contributed by atoms with Crippen LogP contribution in [0.3, 0.4) is 0 Å². The summed E-state index contributed by atoms with van der Waals surface area (Å²) in [6.45, 7) is 3.62. The summed E-state index contributed by atoms with van der Waals surface area (Å²) < 4.78 is 5.12. The molecule has 166 valence electrons. The van der Waals surface area contributed by atoms with Gasteiger partial charge in [0.05, 0.1) is 18.2 Å². The SMILES string of the molecule is COc1ccc(C(=O)N2CCN(C(=O)CCN3C(=O)c4ccc(C)cc4C3=O)CC2)cc1. The molecule has 0 radical (unpaired) electrons. The van der Waals surface area contributed by atoms with Crippen molar-refractivity contribution in [3.63, 3.8) is 0 Å². The van der Waals surface area contributed by atoms with Crippen LogP contribution in [-0.4, -0.2) is 78.2 Å². The van der Waals surface area contributed by atoms with Crippen LogP contribution >= 0.6 is 0 Å². The Morgan fingerprint density at radius 2 is 1.50 bits per heavy atom. The van der Waals surface area contributed by atoms with Crippen molar-refractivity contribution in [3.8, 4) is 5.75 Å². The summed E-state index contributed by atoms with van der Waals surface area (Å²) >= 11 is 0. The second-order valence-electron chi connectivity index (χ2n) is 7.96. The highest BCUT2D eigenvalue weighted by atomic mass is 16.5. The van der Waals surface area contributed by atoms with Crippen LogP contribution in [0.1, 0.15) is 43.1 Å². The molecule has 0 aromatic heterocycles. The van der Waals surface area contributed by atoms with E-state index in [4.69, 9.17) is 4.74 Å². The summed E-state index contributed by atoms with van der Waals surface area (Å²) in [7, 11) is 1.57. The average Bonchev–Trinajstić information content (AvgIpc) is 3.06. The normalized spacial score (nSPS) is 15.8. The number of rotatable bonds is 5. The Kier molecular flexibility index (Phi) is 5.94. The first-order chi connectivity index (χ1) is 15.4. The van der Waals surface area contributed by atoms with Crippen LogP contribution in [0.25, 0.3) is 0 Å². The Bertz CT molecular complexity index is 1070. The number of piperazine rings is 1. The molecule has 8 heteroatoms. The van der Waals surface area contributed by atoms with Gasteiger partial charge in [0, 0.05) is 44.7 Å². The van der Waals surface area contributed by atoms with Crippen molar-refractivity contribution in [1.29, 1.82) is 0 Å². The quantitative estimate of drug-likeness (QED) is 0.671. The van der Waals surface area contributed by atoms with Gasteiger partial charge in [0.1, 0.15) is 5.75 Å². The molecule has 0 N–H and O–H groups in total. The van der Waals surface area contributed by atoms with Crippen LogP contribution in [-0.2, 0) is 4.79 Å². The highest BCUT2D eigenvalue weighted by Crippen LogP contribution is 2.24. The fourth-order valence-corrected chi connectivity index (χ4v) is 4.05. The number of ether oxygens (including phenoxy) is 1. The standard InChI is InChI=1S/C24H25N3O5/c1-16-3-8-19-20(15-16)24(31)27(23(19)30)10-9-21(28)25-11-13-26(14-12-25)22(29)17-4-6-18(32-2)7-5-17/h3-8,15H,9-14H2,1-2H3. The maximum Gasteiger partial charge on any atom is 0.261 e. The zero-order valence-corrected chi connectivity index (χ0v) is 18.2. The zero-order chi connectivity index (χ0) is 22.8. The molecule has 0 unspecified atom stereocenters. The Hall–Kier alpha value is -3.68. The topological polar surface area (TPSA) is 87.2 Å². The van der Waals surface area contributed by atoms with Gasteiger partial charge in [0.15, 0.2) is 0 Å². The van der Waals surface area contributed by atoms with Gasteiger partial charge in [0.2, 0.25) is 5.91 Å². The average molecular weight is 435 g/mol. The molecule has 0 atom stereocenters. The molecule has 32 heavy (non-hydrogen) atoms.